The van der Waals surface area contributed by atoms with E-state index in [2.05, 4.69) is 24.3 Å². The Morgan fingerprint density at radius 1 is 0.800 bits per heavy atom. The van der Waals surface area contributed by atoms with Crippen LogP contribution in [0.1, 0.15) is 25.7 Å². The van der Waals surface area contributed by atoms with E-state index in [0.717, 1.165) is 0 Å². The summed E-state index contributed by atoms with van der Waals surface area (Å²) in [5.74, 6) is 0. The molecule has 0 aromatic heterocycles. The smallest absolute Gasteiger partial charge is 1.00 e. The Balaban J connectivity index is 0.000000562. The van der Waals surface area contributed by atoms with Crippen LogP contribution in [0.25, 0.3) is 0 Å². The average Bonchev–Trinajstić information content (AvgIpc) is 2.72. The molecule has 78 valence electrons. The maximum Gasteiger partial charge on any atom is -1.00 e. The van der Waals surface area contributed by atoms with Crippen molar-refractivity contribution in [3.8, 4) is 0 Å². The minimum absolute atomic E-state index is 0. The number of halogens is 2. The van der Waals surface area contributed by atoms with Crippen LogP contribution in [0.4, 0.5) is 0 Å². The van der Waals surface area contributed by atoms with E-state index in [1.165, 1.54) is 25.7 Å². The normalized spacial score (nSPS) is 20.8. The first-order valence-electron chi connectivity index (χ1n) is 4.97. The Labute approximate surface area is 112 Å². The number of hydrogen-bond acceptors (Lipinski definition) is 0. The second-order valence-electron chi connectivity index (χ2n) is 3.85. The van der Waals surface area contributed by atoms with Crippen LogP contribution >= 0.6 is 0 Å². The molecule has 3 heteroatoms. The van der Waals surface area contributed by atoms with E-state index < -0.39 is 0 Å². The Morgan fingerprint density at radius 3 is 1.73 bits per heavy atom. The van der Waals surface area contributed by atoms with Gasteiger partial charge in [-0.2, -0.15) is 0 Å². The molecule has 0 unspecified atom stereocenters. The Kier molecular flexibility index (Phi) is 4.92. The first-order valence-corrected chi connectivity index (χ1v) is 6.54. The van der Waals surface area contributed by atoms with Gasteiger partial charge in [0.1, 0.15) is 0 Å². The van der Waals surface area contributed by atoms with Crippen molar-refractivity contribution in [2.45, 2.75) is 25.7 Å². The van der Waals surface area contributed by atoms with Crippen LogP contribution in [-0.2, 0) is 19.2 Å². The predicted molar refractivity (Wildman–Crippen MR) is 50.8 cm³/mol. The van der Waals surface area contributed by atoms with Crippen molar-refractivity contribution >= 4 is 0 Å². The molecule has 15 heavy (non-hydrogen) atoms. The third-order valence-corrected chi connectivity index (χ3v) is 5.61. The molecule has 0 atom stereocenters. The summed E-state index contributed by atoms with van der Waals surface area (Å²) in [6.07, 6.45) is 14.6. The van der Waals surface area contributed by atoms with Gasteiger partial charge < -0.3 is 24.8 Å². The van der Waals surface area contributed by atoms with Crippen LogP contribution in [0.2, 0.25) is 0 Å². The molecular formula is C12H12Cl2Ti. The Morgan fingerprint density at radius 2 is 1.27 bits per heavy atom. The summed E-state index contributed by atoms with van der Waals surface area (Å²) in [6, 6.07) is 0. The van der Waals surface area contributed by atoms with Crippen molar-refractivity contribution in [3.05, 3.63) is 43.2 Å². The summed E-state index contributed by atoms with van der Waals surface area (Å²) in [7, 11) is 0. The number of hydrogen-bond donors (Lipinski definition) is 0. The standard InChI is InChI=1S/C12H12.2ClH.Ti/c1-2-6-11(5-1)9-10-12-7-3-4-8-12;;;/h1,3,5,7H,2,4,9-10H2;2*1H;/q;;;+2/p-2. The van der Waals surface area contributed by atoms with Crippen molar-refractivity contribution in [1.82, 2.24) is 0 Å². The van der Waals surface area contributed by atoms with Crippen molar-refractivity contribution in [3.63, 3.8) is 0 Å². The fourth-order valence-corrected chi connectivity index (χ4v) is 4.69. The molecule has 0 saturated carbocycles. The van der Waals surface area contributed by atoms with Gasteiger partial charge in [-0.3, -0.25) is 0 Å². The molecule has 0 amide bonds. The summed E-state index contributed by atoms with van der Waals surface area (Å²) in [4.78, 5) is 0. The third-order valence-electron chi connectivity index (χ3n) is 3.02. The predicted octanol–water partition coefficient (Wildman–Crippen LogP) is -2.70. The molecule has 0 N–H and O–H groups in total. The largest absolute Gasteiger partial charge is 1.00 e. The van der Waals surface area contributed by atoms with Crippen LogP contribution in [0.5, 0.6) is 0 Å². The zero-order chi connectivity index (χ0) is 8.67. The quantitative estimate of drug-likeness (QED) is 0.422. The molecule has 0 radical (unpaired) electrons. The molecule has 0 spiro atoms. The van der Waals surface area contributed by atoms with E-state index in [4.69, 9.17) is 0 Å². The second kappa shape index (κ2) is 5.54. The molecule has 3 rings (SSSR count). The van der Waals surface area contributed by atoms with Gasteiger partial charge >= 0.3 is 88.0 Å². The molecule has 0 saturated heterocycles. The molecule has 1 aliphatic heterocycles. The van der Waals surface area contributed by atoms with Gasteiger partial charge in [0.25, 0.3) is 0 Å². The van der Waals surface area contributed by atoms with E-state index >= 15 is 0 Å². The van der Waals surface area contributed by atoms with E-state index in [0.29, 0.717) is 0 Å². The number of allylic oxidation sites excluding steroid dienone is 8. The monoisotopic (exact) mass is 274 g/mol. The summed E-state index contributed by atoms with van der Waals surface area (Å²) in [6.45, 7) is 0. The van der Waals surface area contributed by atoms with Crippen LogP contribution < -0.4 is 24.8 Å². The minimum Gasteiger partial charge on any atom is -1.00 e. The SMILES string of the molecule is C1=CC2=[C](C1)[Ti+2][C]1=C(C=CC1)CC2.[Cl-].[Cl-]. The third kappa shape index (κ3) is 2.50. The van der Waals surface area contributed by atoms with Gasteiger partial charge in [0, 0.05) is 0 Å². The van der Waals surface area contributed by atoms with Crippen LogP contribution in [0.15, 0.2) is 43.2 Å². The van der Waals surface area contributed by atoms with E-state index in [9.17, 15) is 0 Å². The summed E-state index contributed by atoms with van der Waals surface area (Å²) in [5, 5.41) is 0. The van der Waals surface area contributed by atoms with Gasteiger partial charge in [-0.05, 0) is 0 Å². The van der Waals surface area contributed by atoms with Gasteiger partial charge in [-0.15, -0.1) is 0 Å². The summed E-state index contributed by atoms with van der Waals surface area (Å²) >= 11 is 0.0949. The fourth-order valence-electron chi connectivity index (χ4n) is 2.28. The average molecular weight is 275 g/mol. The van der Waals surface area contributed by atoms with Crippen molar-refractivity contribution in [1.29, 1.82) is 0 Å². The van der Waals surface area contributed by atoms with Gasteiger partial charge in [0.15, 0.2) is 0 Å². The minimum atomic E-state index is 0. The van der Waals surface area contributed by atoms with Crippen LogP contribution in [0.3, 0.4) is 0 Å². The van der Waals surface area contributed by atoms with Gasteiger partial charge in [-0.1, -0.05) is 0 Å². The van der Waals surface area contributed by atoms with Crippen molar-refractivity contribution in [2.75, 3.05) is 0 Å². The Bertz CT molecular complexity index is 339. The maximum atomic E-state index is 2.37. The zero-order valence-corrected chi connectivity index (χ0v) is 11.5. The van der Waals surface area contributed by atoms with Crippen LogP contribution in [-0.4, -0.2) is 0 Å². The van der Waals surface area contributed by atoms with Crippen LogP contribution in [0, 0.1) is 0 Å². The fraction of sp³-hybridized carbons (Fsp3) is 0.333. The zero-order valence-electron chi connectivity index (χ0n) is 8.39. The van der Waals surface area contributed by atoms with Gasteiger partial charge in [0.05, 0.1) is 0 Å². The number of rotatable bonds is 0. The van der Waals surface area contributed by atoms with E-state index in [1.807, 2.05) is 7.76 Å². The van der Waals surface area contributed by atoms with E-state index in [-0.39, 0.29) is 44.0 Å². The first kappa shape index (κ1) is 13.3. The molecule has 0 aromatic carbocycles. The molecule has 0 fully saturated rings. The first-order chi connectivity index (χ1) is 6.43. The second-order valence-corrected chi connectivity index (χ2v) is 6.12. The summed E-state index contributed by atoms with van der Waals surface area (Å²) < 4.78 is 3.63. The molecule has 1 heterocycles. The van der Waals surface area contributed by atoms with Crippen molar-refractivity contribution in [2.24, 2.45) is 0 Å². The molecule has 3 aliphatic rings. The van der Waals surface area contributed by atoms with E-state index in [1.54, 1.807) is 11.1 Å². The molecule has 0 aromatic rings. The topological polar surface area (TPSA) is 0 Å². The summed E-state index contributed by atoms with van der Waals surface area (Å²) in [5.41, 5.74) is 3.37. The molecule has 0 nitrogen and oxygen atoms in total. The van der Waals surface area contributed by atoms with Gasteiger partial charge in [-0.25, -0.2) is 0 Å². The molecule has 0 bridgehead atoms. The van der Waals surface area contributed by atoms with Crippen molar-refractivity contribution < 1.29 is 44.0 Å². The van der Waals surface area contributed by atoms with Gasteiger partial charge in [0.2, 0.25) is 0 Å². The molecular weight excluding hydrogens is 263 g/mol. The molecule has 2 aliphatic carbocycles. The maximum absolute atomic E-state index is 2.37. The Hall–Kier alpha value is 0.254.